The summed E-state index contributed by atoms with van der Waals surface area (Å²) < 4.78 is 0. The largest absolute Gasteiger partial charge is 0.480 e. The maximum absolute atomic E-state index is 11.7. The fourth-order valence-corrected chi connectivity index (χ4v) is 1.28. The SMILES string of the molecule is CCCC[C@H](NC(=O)NC(C)C(C)(C)C)C(=O)O. The highest BCUT2D eigenvalue weighted by Crippen LogP contribution is 2.18. The van der Waals surface area contributed by atoms with E-state index in [9.17, 15) is 9.59 Å². The zero-order chi connectivity index (χ0) is 14.3. The van der Waals surface area contributed by atoms with Crippen LogP contribution in [0.1, 0.15) is 53.9 Å². The van der Waals surface area contributed by atoms with Crippen LogP contribution in [0.15, 0.2) is 0 Å². The van der Waals surface area contributed by atoms with Gasteiger partial charge in [0.15, 0.2) is 0 Å². The number of unbranched alkanes of at least 4 members (excludes halogenated alkanes) is 1. The van der Waals surface area contributed by atoms with Crippen molar-refractivity contribution >= 4 is 12.0 Å². The third-order valence-corrected chi connectivity index (χ3v) is 3.10. The van der Waals surface area contributed by atoms with Gasteiger partial charge in [-0.3, -0.25) is 0 Å². The van der Waals surface area contributed by atoms with Crippen LogP contribution in [0, 0.1) is 5.41 Å². The number of carboxylic acid groups (broad SMARTS) is 1. The van der Waals surface area contributed by atoms with Gasteiger partial charge in [0.25, 0.3) is 0 Å². The summed E-state index contributed by atoms with van der Waals surface area (Å²) in [5.41, 5.74) is -0.0561. The Morgan fingerprint density at radius 3 is 2.17 bits per heavy atom. The van der Waals surface area contributed by atoms with Gasteiger partial charge in [0.1, 0.15) is 6.04 Å². The minimum absolute atomic E-state index is 0.0295. The number of carboxylic acids is 1. The molecule has 0 aliphatic carbocycles. The van der Waals surface area contributed by atoms with Gasteiger partial charge in [0.2, 0.25) is 0 Å². The number of carbonyl (C=O) groups is 2. The average molecular weight is 258 g/mol. The van der Waals surface area contributed by atoms with E-state index in [2.05, 4.69) is 10.6 Å². The third-order valence-electron chi connectivity index (χ3n) is 3.10. The second-order valence-electron chi connectivity index (χ2n) is 5.74. The Balaban J connectivity index is 4.30. The van der Waals surface area contributed by atoms with Crippen molar-refractivity contribution in [2.24, 2.45) is 5.41 Å². The van der Waals surface area contributed by atoms with E-state index in [1.807, 2.05) is 34.6 Å². The van der Waals surface area contributed by atoms with Crippen LogP contribution in [-0.2, 0) is 4.79 Å². The Kier molecular flexibility index (Phi) is 6.73. The minimum atomic E-state index is -0.984. The average Bonchev–Trinajstić information content (AvgIpc) is 2.22. The van der Waals surface area contributed by atoms with Crippen molar-refractivity contribution in [1.82, 2.24) is 10.6 Å². The summed E-state index contributed by atoms with van der Waals surface area (Å²) in [7, 11) is 0. The molecule has 2 amide bonds. The van der Waals surface area contributed by atoms with Crippen molar-refractivity contribution in [3.05, 3.63) is 0 Å². The molecule has 0 saturated heterocycles. The first kappa shape index (κ1) is 16.7. The van der Waals surface area contributed by atoms with E-state index in [0.29, 0.717) is 6.42 Å². The van der Waals surface area contributed by atoms with Crippen LogP contribution in [0.5, 0.6) is 0 Å². The molecule has 0 heterocycles. The molecular formula is C13H26N2O3. The molecule has 0 aromatic rings. The highest BCUT2D eigenvalue weighted by Gasteiger charge is 2.24. The van der Waals surface area contributed by atoms with E-state index in [1.165, 1.54) is 0 Å². The molecular weight excluding hydrogens is 232 g/mol. The first-order valence-electron chi connectivity index (χ1n) is 6.48. The summed E-state index contributed by atoms with van der Waals surface area (Å²) in [5, 5.41) is 14.3. The molecule has 1 unspecified atom stereocenters. The molecule has 0 spiro atoms. The van der Waals surface area contributed by atoms with Crippen molar-refractivity contribution in [2.75, 3.05) is 0 Å². The molecule has 5 nitrogen and oxygen atoms in total. The molecule has 0 radical (unpaired) electrons. The van der Waals surface area contributed by atoms with Gasteiger partial charge in [-0.2, -0.15) is 0 Å². The molecule has 3 N–H and O–H groups in total. The van der Waals surface area contributed by atoms with Crippen molar-refractivity contribution < 1.29 is 14.7 Å². The molecule has 0 aliphatic rings. The maximum atomic E-state index is 11.7. The molecule has 18 heavy (non-hydrogen) atoms. The second-order valence-corrected chi connectivity index (χ2v) is 5.74. The lowest BCUT2D eigenvalue weighted by Gasteiger charge is -2.28. The summed E-state index contributed by atoms with van der Waals surface area (Å²) in [6.07, 6.45) is 2.15. The third kappa shape index (κ3) is 6.47. The highest BCUT2D eigenvalue weighted by atomic mass is 16.4. The lowest BCUT2D eigenvalue weighted by Crippen LogP contribution is -2.51. The quantitative estimate of drug-likeness (QED) is 0.684. The molecule has 0 rings (SSSR count). The number of rotatable bonds is 6. The highest BCUT2D eigenvalue weighted by molar-refractivity contribution is 5.82. The molecule has 2 atom stereocenters. The summed E-state index contributed by atoms with van der Waals surface area (Å²) in [4.78, 5) is 22.7. The Bertz CT molecular complexity index is 284. The van der Waals surface area contributed by atoms with Gasteiger partial charge >= 0.3 is 12.0 Å². The fraction of sp³-hybridized carbons (Fsp3) is 0.846. The number of hydrogen-bond donors (Lipinski definition) is 3. The zero-order valence-corrected chi connectivity index (χ0v) is 12.0. The predicted octanol–water partition coefficient (Wildman–Crippen LogP) is 2.36. The first-order chi connectivity index (χ1) is 8.18. The smallest absolute Gasteiger partial charge is 0.326 e. The van der Waals surface area contributed by atoms with Crippen LogP contribution in [-0.4, -0.2) is 29.2 Å². The Morgan fingerprint density at radius 1 is 1.22 bits per heavy atom. The molecule has 0 saturated carbocycles. The van der Waals surface area contributed by atoms with E-state index >= 15 is 0 Å². The monoisotopic (exact) mass is 258 g/mol. The normalized spacial score (nSPS) is 14.7. The van der Waals surface area contributed by atoms with Gasteiger partial charge in [0.05, 0.1) is 0 Å². The van der Waals surface area contributed by atoms with E-state index in [-0.39, 0.29) is 11.5 Å². The Labute approximate surface area is 109 Å². The van der Waals surface area contributed by atoms with Crippen LogP contribution in [0.3, 0.4) is 0 Å². The van der Waals surface area contributed by atoms with Gasteiger partial charge in [-0.25, -0.2) is 9.59 Å². The summed E-state index contributed by atoms with van der Waals surface area (Å²) in [5.74, 6) is -0.984. The molecule has 0 bridgehead atoms. The molecule has 0 fully saturated rings. The van der Waals surface area contributed by atoms with Crippen molar-refractivity contribution in [1.29, 1.82) is 0 Å². The van der Waals surface area contributed by atoms with Crippen LogP contribution >= 0.6 is 0 Å². The summed E-state index contributed by atoms with van der Waals surface area (Å²) in [6.45, 7) is 9.94. The van der Waals surface area contributed by atoms with Gasteiger partial charge in [-0.05, 0) is 18.8 Å². The molecule has 0 aromatic heterocycles. The van der Waals surface area contributed by atoms with Crippen LogP contribution in [0.25, 0.3) is 0 Å². The van der Waals surface area contributed by atoms with E-state index in [4.69, 9.17) is 5.11 Å². The predicted molar refractivity (Wildman–Crippen MR) is 71.5 cm³/mol. The van der Waals surface area contributed by atoms with Gasteiger partial charge < -0.3 is 15.7 Å². The molecule has 106 valence electrons. The topological polar surface area (TPSA) is 78.4 Å². The first-order valence-corrected chi connectivity index (χ1v) is 6.48. The maximum Gasteiger partial charge on any atom is 0.326 e. The Morgan fingerprint density at radius 2 is 1.78 bits per heavy atom. The van der Waals surface area contributed by atoms with E-state index in [0.717, 1.165) is 12.8 Å². The number of urea groups is 1. The van der Waals surface area contributed by atoms with Crippen LogP contribution in [0.4, 0.5) is 4.79 Å². The number of carbonyl (C=O) groups excluding carboxylic acids is 1. The molecule has 0 aromatic carbocycles. The number of nitrogens with one attached hydrogen (secondary N) is 2. The lowest BCUT2D eigenvalue weighted by molar-refractivity contribution is -0.139. The second kappa shape index (κ2) is 7.24. The van der Waals surface area contributed by atoms with Crippen molar-refractivity contribution in [2.45, 2.75) is 66.0 Å². The van der Waals surface area contributed by atoms with E-state index in [1.54, 1.807) is 0 Å². The number of aliphatic carboxylic acids is 1. The summed E-state index contributed by atoms with van der Waals surface area (Å²) in [6, 6.07) is -1.25. The number of hydrogen-bond acceptors (Lipinski definition) is 2. The molecule has 5 heteroatoms. The number of amides is 2. The van der Waals surface area contributed by atoms with Gasteiger partial charge in [-0.1, -0.05) is 40.5 Å². The zero-order valence-electron chi connectivity index (χ0n) is 12.0. The lowest BCUT2D eigenvalue weighted by atomic mass is 9.88. The standard InChI is InChI=1S/C13H26N2O3/c1-6-7-8-10(11(16)17)15-12(18)14-9(2)13(3,4)5/h9-10H,6-8H2,1-5H3,(H,16,17)(H2,14,15,18)/t9?,10-/m0/s1. The van der Waals surface area contributed by atoms with Crippen LogP contribution in [0.2, 0.25) is 0 Å². The van der Waals surface area contributed by atoms with Crippen LogP contribution < -0.4 is 10.6 Å². The van der Waals surface area contributed by atoms with Crippen molar-refractivity contribution in [3.63, 3.8) is 0 Å². The summed E-state index contributed by atoms with van der Waals surface area (Å²) >= 11 is 0. The van der Waals surface area contributed by atoms with Crippen molar-refractivity contribution in [3.8, 4) is 0 Å². The van der Waals surface area contributed by atoms with E-state index < -0.39 is 18.0 Å². The van der Waals surface area contributed by atoms with Gasteiger partial charge in [-0.15, -0.1) is 0 Å². The minimum Gasteiger partial charge on any atom is -0.480 e. The molecule has 0 aliphatic heterocycles. The van der Waals surface area contributed by atoms with Gasteiger partial charge in [0, 0.05) is 6.04 Å². The fourth-order valence-electron chi connectivity index (χ4n) is 1.28. The Hall–Kier alpha value is -1.26.